The first kappa shape index (κ1) is 22.2. The lowest BCUT2D eigenvalue weighted by Gasteiger charge is -2.28. The summed E-state index contributed by atoms with van der Waals surface area (Å²) in [6.45, 7) is 9.37. The Bertz CT molecular complexity index is 1050. The van der Waals surface area contributed by atoms with Gasteiger partial charge in [0.05, 0.1) is 11.6 Å². The van der Waals surface area contributed by atoms with Crippen molar-refractivity contribution in [3.8, 4) is 0 Å². The van der Waals surface area contributed by atoms with E-state index in [-0.39, 0.29) is 34.5 Å². The van der Waals surface area contributed by atoms with Crippen LogP contribution >= 0.6 is 11.3 Å². The number of rotatable bonds is 9. The van der Waals surface area contributed by atoms with Crippen LogP contribution in [0.2, 0.25) is 0 Å². The van der Waals surface area contributed by atoms with E-state index in [1.807, 2.05) is 38.3 Å². The Hall–Kier alpha value is -2.45. The number of carbonyl (C=O) groups excluding carboxylic acids is 1. The first-order valence-corrected chi connectivity index (χ1v) is 11.0. The Kier molecular flexibility index (Phi) is 7.10. The van der Waals surface area contributed by atoms with Crippen LogP contribution in [0.4, 0.5) is 0 Å². The van der Waals surface area contributed by atoms with E-state index in [2.05, 4.69) is 4.98 Å². The molecule has 0 aromatic carbocycles. The van der Waals surface area contributed by atoms with E-state index < -0.39 is 0 Å². The Balaban J connectivity index is 2.07. The van der Waals surface area contributed by atoms with E-state index in [4.69, 9.17) is 9.15 Å². The normalized spacial score (nSPS) is 12.6. The zero-order valence-electron chi connectivity index (χ0n) is 18.2. The SMILES string of the molecule is COCCCN(C(=O)c1c(C)oc2ncn(CC(C)C)c(=O)c12)[C@@H](C)c1cccs1. The fourth-order valence-corrected chi connectivity index (χ4v) is 4.39. The standard InChI is InChI=1S/C22H29N3O4S/c1-14(2)12-24-13-23-20-19(21(24)26)18(16(4)29-20)22(27)25(9-7-10-28-5)15(3)17-8-6-11-30-17/h6,8,11,13-15H,7,9-10,12H2,1-5H3/t15-/m0/s1. The topological polar surface area (TPSA) is 77.6 Å². The summed E-state index contributed by atoms with van der Waals surface area (Å²) in [5.74, 6) is 0.472. The quantitative estimate of drug-likeness (QED) is 0.473. The molecule has 0 radical (unpaired) electrons. The highest BCUT2D eigenvalue weighted by molar-refractivity contribution is 7.10. The molecule has 1 atom stereocenters. The van der Waals surface area contributed by atoms with Crippen molar-refractivity contribution in [3.05, 3.63) is 50.4 Å². The molecule has 1 amide bonds. The first-order valence-electron chi connectivity index (χ1n) is 10.2. The average molecular weight is 432 g/mol. The van der Waals surface area contributed by atoms with Crippen LogP contribution in [0, 0.1) is 12.8 Å². The van der Waals surface area contributed by atoms with Crippen LogP contribution in [0.15, 0.2) is 33.1 Å². The lowest BCUT2D eigenvalue weighted by molar-refractivity contribution is 0.0670. The number of nitrogens with zero attached hydrogens (tertiary/aromatic N) is 3. The van der Waals surface area contributed by atoms with Crippen molar-refractivity contribution >= 4 is 28.3 Å². The number of amides is 1. The molecule has 0 fully saturated rings. The van der Waals surface area contributed by atoms with Gasteiger partial charge in [-0.3, -0.25) is 14.2 Å². The molecule has 0 spiro atoms. The van der Waals surface area contributed by atoms with Gasteiger partial charge >= 0.3 is 0 Å². The molecular formula is C22H29N3O4S. The average Bonchev–Trinajstić information content (AvgIpc) is 3.34. The van der Waals surface area contributed by atoms with Gasteiger partial charge in [-0.2, -0.15) is 0 Å². The first-order chi connectivity index (χ1) is 14.3. The fourth-order valence-electron chi connectivity index (χ4n) is 3.59. The molecule has 0 bridgehead atoms. The minimum absolute atomic E-state index is 0.131. The van der Waals surface area contributed by atoms with E-state index in [0.717, 1.165) is 4.88 Å². The van der Waals surface area contributed by atoms with Crippen molar-refractivity contribution in [2.75, 3.05) is 20.3 Å². The zero-order valence-corrected chi connectivity index (χ0v) is 19.0. The molecule has 0 aliphatic heterocycles. The van der Waals surface area contributed by atoms with Crippen molar-refractivity contribution in [3.63, 3.8) is 0 Å². The van der Waals surface area contributed by atoms with Crippen LogP contribution in [0.25, 0.3) is 11.1 Å². The second-order valence-electron chi connectivity index (χ2n) is 7.85. The molecule has 162 valence electrons. The second kappa shape index (κ2) is 9.57. The number of aromatic nitrogens is 2. The van der Waals surface area contributed by atoms with Crippen molar-refractivity contribution in [1.82, 2.24) is 14.5 Å². The van der Waals surface area contributed by atoms with Gasteiger partial charge in [0.2, 0.25) is 5.71 Å². The summed E-state index contributed by atoms with van der Waals surface area (Å²) in [4.78, 5) is 34.0. The molecule has 3 aromatic rings. The van der Waals surface area contributed by atoms with Crippen molar-refractivity contribution in [2.24, 2.45) is 5.92 Å². The van der Waals surface area contributed by atoms with Gasteiger partial charge in [0.25, 0.3) is 11.5 Å². The number of methoxy groups -OCH3 is 1. The maximum atomic E-state index is 13.7. The van der Waals surface area contributed by atoms with Crippen molar-refractivity contribution in [1.29, 1.82) is 0 Å². The fraction of sp³-hybridized carbons (Fsp3) is 0.500. The van der Waals surface area contributed by atoms with Crippen molar-refractivity contribution < 1.29 is 13.9 Å². The summed E-state index contributed by atoms with van der Waals surface area (Å²) in [5.41, 5.74) is 0.275. The molecule has 0 aliphatic carbocycles. The Morgan fingerprint density at radius 1 is 1.37 bits per heavy atom. The van der Waals surface area contributed by atoms with Gasteiger partial charge in [-0.1, -0.05) is 19.9 Å². The Morgan fingerprint density at radius 3 is 2.77 bits per heavy atom. The smallest absolute Gasteiger partial charge is 0.265 e. The maximum absolute atomic E-state index is 13.7. The molecule has 0 saturated heterocycles. The second-order valence-corrected chi connectivity index (χ2v) is 8.82. The molecule has 0 unspecified atom stereocenters. The van der Waals surface area contributed by atoms with E-state index in [0.29, 0.717) is 37.4 Å². The number of thiophene rings is 1. The predicted octanol–water partition coefficient (Wildman–Crippen LogP) is 4.26. The van der Waals surface area contributed by atoms with Gasteiger partial charge in [0.1, 0.15) is 17.5 Å². The number of aryl methyl sites for hydroxylation is 1. The highest BCUT2D eigenvalue weighted by atomic mass is 32.1. The van der Waals surface area contributed by atoms with Crippen LogP contribution in [0.1, 0.15) is 54.2 Å². The van der Waals surface area contributed by atoms with Crippen LogP contribution in [-0.2, 0) is 11.3 Å². The Labute approximate surface area is 180 Å². The van der Waals surface area contributed by atoms with Gasteiger partial charge in [0, 0.05) is 31.7 Å². The zero-order chi connectivity index (χ0) is 21.8. The van der Waals surface area contributed by atoms with Gasteiger partial charge in [-0.25, -0.2) is 4.98 Å². The molecule has 3 rings (SSSR count). The van der Waals surface area contributed by atoms with Gasteiger partial charge < -0.3 is 14.1 Å². The summed E-state index contributed by atoms with van der Waals surface area (Å²) in [5, 5.41) is 2.26. The van der Waals surface area contributed by atoms with Crippen LogP contribution in [-0.4, -0.2) is 40.6 Å². The summed E-state index contributed by atoms with van der Waals surface area (Å²) in [6, 6.07) is 3.86. The third-order valence-electron chi connectivity index (χ3n) is 5.06. The predicted molar refractivity (Wildman–Crippen MR) is 118 cm³/mol. The molecule has 30 heavy (non-hydrogen) atoms. The number of carbonyl (C=O) groups is 1. The molecule has 0 N–H and O–H groups in total. The lowest BCUT2D eigenvalue weighted by Crippen LogP contribution is -2.35. The lowest BCUT2D eigenvalue weighted by atomic mass is 10.1. The van der Waals surface area contributed by atoms with E-state index in [1.54, 1.807) is 34.8 Å². The van der Waals surface area contributed by atoms with E-state index in [1.165, 1.54) is 6.33 Å². The minimum Gasteiger partial charge on any atom is -0.442 e. The largest absolute Gasteiger partial charge is 0.442 e. The van der Waals surface area contributed by atoms with Crippen LogP contribution in [0.3, 0.4) is 0 Å². The van der Waals surface area contributed by atoms with E-state index in [9.17, 15) is 9.59 Å². The number of fused-ring (bicyclic) bond motifs is 1. The molecule has 0 aliphatic rings. The van der Waals surface area contributed by atoms with Crippen LogP contribution in [0.5, 0.6) is 0 Å². The molecule has 8 heteroatoms. The van der Waals surface area contributed by atoms with Crippen LogP contribution < -0.4 is 5.56 Å². The van der Waals surface area contributed by atoms with Gasteiger partial charge in [-0.05, 0) is 37.6 Å². The number of ether oxygens (including phenoxy) is 1. The highest BCUT2D eigenvalue weighted by Gasteiger charge is 2.30. The minimum atomic E-state index is -0.241. The maximum Gasteiger partial charge on any atom is 0.265 e. The summed E-state index contributed by atoms with van der Waals surface area (Å²) in [6.07, 6.45) is 2.19. The molecule has 3 aromatic heterocycles. The molecule has 3 heterocycles. The van der Waals surface area contributed by atoms with Crippen molar-refractivity contribution in [2.45, 2.75) is 46.7 Å². The third kappa shape index (κ3) is 4.49. The highest BCUT2D eigenvalue weighted by Crippen LogP contribution is 2.29. The number of furan rings is 1. The summed E-state index contributed by atoms with van der Waals surface area (Å²) >= 11 is 1.61. The molecular weight excluding hydrogens is 402 g/mol. The molecule has 7 nitrogen and oxygen atoms in total. The third-order valence-corrected chi connectivity index (χ3v) is 6.10. The summed E-state index contributed by atoms with van der Waals surface area (Å²) in [7, 11) is 1.64. The van der Waals surface area contributed by atoms with Gasteiger partial charge in [-0.15, -0.1) is 11.3 Å². The van der Waals surface area contributed by atoms with Gasteiger partial charge in [0.15, 0.2) is 0 Å². The Morgan fingerprint density at radius 2 is 2.13 bits per heavy atom. The summed E-state index contributed by atoms with van der Waals surface area (Å²) < 4.78 is 12.4. The van der Waals surface area contributed by atoms with E-state index >= 15 is 0 Å². The molecule has 0 saturated carbocycles. The number of hydrogen-bond acceptors (Lipinski definition) is 6. The monoisotopic (exact) mass is 431 g/mol. The number of hydrogen-bond donors (Lipinski definition) is 0.